The predicted molar refractivity (Wildman–Crippen MR) is 71.6 cm³/mol. The van der Waals surface area contributed by atoms with Crippen LogP contribution in [0.25, 0.3) is 0 Å². The Bertz CT molecular complexity index is 588. The fourth-order valence-electron chi connectivity index (χ4n) is 1.93. The van der Waals surface area contributed by atoms with E-state index in [0.717, 1.165) is 23.3 Å². The first-order valence-electron chi connectivity index (χ1n) is 6.25. The zero-order valence-corrected chi connectivity index (χ0v) is 11.3. The summed E-state index contributed by atoms with van der Waals surface area (Å²) in [7, 11) is 1.83. The van der Waals surface area contributed by atoms with Crippen LogP contribution in [0.5, 0.6) is 0 Å². The molecule has 0 aliphatic rings. The summed E-state index contributed by atoms with van der Waals surface area (Å²) in [6, 6.07) is 3.73. The van der Waals surface area contributed by atoms with Crippen molar-refractivity contribution in [3.63, 3.8) is 0 Å². The average molecular weight is 283 g/mol. The van der Waals surface area contributed by atoms with E-state index < -0.39 is 11.7 Å². The van der Waals surface area contributed by atoms with Crippen LogP contribution in [0.3, 0.4) is 0 Å². The summed E-state index contributed by atoms with van der Waals surface area (Å²) < 4.78 is 39.7. The van der Waals surface area contributed by atoms with Crippen molar-refractivity contribution < 1.29 is 13.2 Å². The van der Waals surface area contributed by atoms with Crippen LogP contribution in [0.1, 0.15) is 16.7 Å². The van der Waals surface area contributed by atoms with Crippen molar-refractivity contribution in [2.75, 3.05) is 11.9 Å². The van der Waals surface area contributed by atoms with Crippen molar-refractivity contribution in [1.82, 2.24) is 9.78 Å². The molecule has 0 aliphatic carbocycles. The highest BCUT2D eigenvalue weighted by molar-refractivity contribution is 5.53. The minimum absolute atomic E-state index is 0.517. The largest absolute Gasteiger partial charge is 0.416 e. The summed E-state index contributed by atoms with van der Waals surface area (Å²) in [5.74, 6) is 0. The highest BCUT2D eigenvalue weighted by Crippen LogP contribution is 2.31. The number of aryl methyl sites for hydroxylation is 2. The van der Waals surface area contributed by atoms with Gasteiger partial charge in [-0.1, -0.05) is 6.07 Å². The number of rotatable bonds is 4. The first kappa shape index (κ1) is 14.4. The standard InChI is InChI=1S/C14H16F3N3/c1-10-3-4-12(14(15,16)17)7-13(10)18-6-5-11-8-19-20(2)9-11/h3-4,7-9,18H,5-6H2,1-2H3. The van der Waals surface area contributed by atoms with Crippen LogP contribution in [0, 0.1) is 6.92 Å². The molecule has 0 fully saturated rings. The number of hydrogen-bond acceptors (Lipinski definition) is 2. The molecule has 3 nitrogen and oxygen atoms in total. The Kier molecular flexibility index (Phi) is 4.01. The number of aromatic nitrogens is 2. The Labute approximate surface area is 115 Å². The van der Waals surface area contributed by atoms with Crippen molar-refractivity contribution >= 4 is 5.69 Å². The van der Waals surface area contributed by atoms with Gasteiger partial charge in [-0.3, -0.25) is 4.68 Å². The van der Waals surface area contributed by atoms with Gasteiger partial charge in [-0.05, 0) is 36.6 Å². The normalized spacial score (nSPS) is 11.7. The lowest BCUT2D eigenvalue weighted by atomic mass is 10.1. The fraction of sp³-hybridized carbons (Fsp3) is 0.357. The third-order valence-electron chi connectivity index (χ3n) is 3.05. The van der Waals surface area contributed by atoms with E-state index in [-0.39, 0.29) is 0 Å². The van der Waals surface area contributed by atoms with Gasteiger partial charge in [0.25, 0.3) is 0 Å². The van der Waals surface area contributed by atoms with Crippen molar-refractivity contribution in [1.29, 1.82) is 0 Å². The molecule has 0 spiro atoms. The van der Waals surface area contributed by atoms with Gasteiger partial charge in [0.05, 0.1) is 11.8 Å². The number of nitrogens with one attached hydrogen (secondary N) is 1. The number of halogens is 3. The number of alkyl halides is 3. The number of nitrogens with zero attached hydrogens (tertiary/aromatic N) is 2. The fourth-order valence-corrected chi connectivity index (χ4v) is 1.93. The predicted octanol–water partition coefficient (Wildman–Crippen LogP) is 3.40. The van der Waals surface area contributed by atoms with E-state index in [4.69, 9.17) is 0 Å². The Morgan fingerprint density at radius 1 is 1.30 bits per heavy atom. The Morgan fingerprint density at radius 3 is 2.65 bits per heavy atom. The Morgan fingerprint density at radius 2 is 2.05 bits per heavy atom. The third-order valence-corrected chi connectivity index (χ3v) is 3.05. The molecule has 1 N–H and O–H groups in total. The van der Waals surface area contributed by atoms with E-state index in [1.54, 1.807) is 17.8 Å². The minimum atomic E-state index is -4.31. The maximum Gasteiger partial charge on any atom is 0.416 e. The molecule has 6 heteroatoms. The van der Waals surface area contributed by atoms with Gasteiger partial charge in [-0.15, -0.1) is 0 Å². The lowest BCUT2D eigenvalue weighted by Gasteiger charge is -2.13. The van der Waals surface area contributed by atoms with Crippen LogP contribution in [0.15, 0.2) is 30.6 Å². The monoisotopic (exact) mass is 283 g/mol. The van der Waals surface area contributed by atoms with Gasteiger partial charge in [-0.2, -0.15) is 18.3 Å². The lowest BCUT2D eigenvalue weighted by Crippen LogP contribution is -2.09. The zero-order valence-electron chi connectivity index (χ0n) is 11.3. The smallest absolute Gasteiger partial charge is 0.384 e. The summed E-state index contributed by atoms with van der Waals surface area (Å²) >= 11 is 0. The molecule has 2 aromatic rings. The van der Waals surface area contributed by atoms with E-state index in [1.165, 1.54) is 6.07 Å². The van der Waals surface area contributed by atoms with Crippen LogP contribution in [0.4, 0.5) is 18.9 Å². The van der Waals surface area contributed by atoms with Gasteiger partial charge in [-0.25, -0.2) is 0 Å². The maximum absolute atomic E-state index is 12.7. The van der Waals surface area contributed by atoms with Crippen molar-refractivity contribution in [3.8, 4) is 0 Å². The SMILES string of the molecule is Cc1ccc(C(F)(F)F)cc1NCCc1cnn(C)c1. The van der Waals surface area contributed by atoms with Gasteiger partial charge in [0.1, 0.15) is 0 Å². The average Bonchev–Trinajstić information content (AvgIpc) is 2.76. The van der Waals surface area contributed by atoms with Crippen molar-refractivity contribution in [2.24, 2.45) is 7.05 Å². The van der Waals surface area contributed by atoms with Crippen molar-refractivity contribution in [2.45, 2.75) is 19.5 Å². The molecule has 108 valence electrons. The van der Waals surface area contributed by atoms with E-state index in [0.29, 0.717) is 18.7 Å². The van der Waals surface area contributed by atoms with Crippen LogP contribution in [0.2, 0.25) is 0 Å². The highest BCUT2D eigenvalue weighted by atomic mass is 19.4. The molecule has 1 heterocycles. The molecule has 0 bridgehead atoms. The molecule has 20 heavy (non-hydrogen) atoms. The third kappa shape index (κ3) is 3.53. The van der Waals surface area contributed by atoms with Gasteiger partial charge in [0, 0.05) is 25.5 Å². The Balaban J connectivity index is 2.02. The van der Waals surface area contributed by atoms with E-state index in [2.05, 4.69) is 10.4 Å². The topological polar surface area (TPSA) is 29.9 Å². The molecule has 0 aliphatic heterocycles. The van der Waals surface area contributed by atoms with Crippen LogP contribution in [-0.4, -0.2) is 16.3 Å². The molecular weight excluding hydrogens is 267 g/mol. The molecule has 0 unspecified atom stereocenters. The summed E-state index contributed by atoms with van der Waals surface area (Å²) in [6.07, 6.45) is 0.0400. The summed E-state index contributed by atoms with van der Waals surface area (Å²) in [5.41, 5.74) is 1.73. The van der Waals surface area contributed by atoms with E-state index in [1.807, 2.05) is 13.2 Å². The molecule has 1 aromatic heterocycles. The Hall–Kier alpha value is -1.98. The molecule has 0 radical (unpaired) electrons. The number of hydrogen-bond donors (Lipinski definition) is 1. The van der Waals surface area contributed by atoms with Gasteiger partial charge < -0.3 is 5.32 Å². The lowest BCUT2D eigenvalue weighted by molar-refractivity contribution is -0.137. The second-order valence-electron chi connectivity index (χ2n) is 4.73. The van der Waals surface area contributed by atoms with E-state index >= 15 is 0 Å². The molecule has 0 amide bonds. The first-order valence-corrected chi connectivity index (χ1v) is 6.25. The highest BCUT2D eigenvalue weighted by Gasteiger charge is 2.30. The van der Waals surface area contributed by atoms with Crippen LogP contribution < -0.4 is 5.32 Å². The number of benzene rings is 1. The van der Waals surface area contributed by atoms with Crippen LogP contribution >= 0.6 is 0 Å². The van der Waals surface area contributed by atoms with Gasteiger partial charge >= 0.3 is 6.18 Å². The molecule has 0 atom stereocenters. The molecule has 0 saturated heterocycles. The maximum atomic E-state index is 12.7. The second-order valence-corrected chi connectivity index (χ2v) is 4.73. The van der Waals surface area contributed by atoms with Gasteiger partial charge in [0.15, 0.2) is 0 Å². The summed E-state index contributed by atoms with van der Waals surface area (Å²) in [6.45, 7) is 2.35. The van der Waals surface area contributed by atoms with Crippen LogP contribution in [-0.2, 0) is 19.6 Å². The second kappa shape index (κ2) is 5.56. The minimum Gasteiger partial charge on any atom is -0.384 e. The molecule has 1 aromatic carbocycles. The number of anilines is 1. The van der Waals surface area contributed by atoms with Gasteiger partial charge in [0.2, 0.25) is 0 Å². The molecular formula is C14H16F3N3. The van der Waals surface area contributed by atoms with E-state index in [9.17, 15) is 13.2 Å². The first-order chi connectivity index (χ1) is 9.36. The summed E-state index contributed by atoms with van der Waals surface area (Å²) in [4.78, 5) is 0. The quantitative estimate of drug-likeness (QED) is 0.932. The molecule has 2 rings (SSSR count). The summed E-state index contributed by atoms with van der Waals surface area (Å²) in [5, 5.41) is 7.09. The zero-order chi connectivity index (χ0) is 14.8. The molecule has 0 saturated carbocycles. The van der Waals surface area contributed by atoms with Crippen molar-refractivity contribution in [3.05, 3.63) is 47.3 Å².